The van der Waals surface area contributed by atoms with Gasteiger partial charge in [-0.15, -0.1) is 0 Å². The van der Waals surface area contributed by atoms with E-state index in [1.807, 2.05) is 6.07 Å². The van der Waals surface area contributed by atoms with Gasteiger partial charge in [0.05, 0.1) is 12.1 Å². The van der Waals surface area contributed by atoms with Crippen molar-refractivity contribution in [3.05, 3.63) is 34.9 Å². The van der Waals surface area contributed by atoms with Crippen LogP contribution in [0.3, 0.4) is 0 Å². The first-order chi connectivity index (χ1) is 19.2. The molecule has 2 aliphatic heterocycles. The molecule has 3 rings (SSSR count). The average molecular weight is 617 g/mol. The molecule has 5 N–H and O–H groups in total. The minimum Gasteiger partial charge on any atom is -0.447 e. The molecule has 0 aliphatic carbocycles. The molecule has 15 heteroatoms. The van der Waals surface area contributed by atoms with E-state index < -0.39 is 45.6 Å². The fourth-order valence-corrected chi connectivity index (χ4v) is 5.80. The number of rotatable bonds is 13. The molecular formula is C26H37ClN4O9S. The van der Waals surface area contributed by atoms with Crippen molar-refractivity contribution in [1.82, 2.24) is 20.9 Å². The minimum absolute atomic E-state index is 0.0859. The van der Waals surface area contributed by atoms with Gasteiger partial charge in [0.15, 0.2) is 0 Å². The molecule has 2 aliphatic rings. The summed E-state index contributed by atoms with van der Waals surface area (Å²) in [6.07, 6.45) is 0.117. The molecule has 4 amide bonds. The van der Waals surface area contributed by atoms with Crippen LogP contribution in [0.5, 0.6) is 0 Å². The smallest absolute Gasteiger partial charge is 0.407 e. The van der Waals surface area contributed by atoms with Crippen LogP contribution in [0.25, 0.3) is 0 Å². The van der Waals surface area contributed by atoms with Crippen LogP contribution in [-0.4, -0.2) is 83.5 Å². The number of ether oxygens (including phenoxy) is 1. The first kappa shape index (κ1) is 32.6. The van der Waals surface area contributed by atoms with E-state index in [9.17, 15) is 37.3 Å². The third-order valence-electron chi connectivity index (χ3n) is 7.10. The number of aliphatic hydroxyl groups is 1. The molecule has 13 nitrogen and oxygen atoms in total. The summed E-state index contributed by atoms with van der Waals surface area (Å²) in [5.74, 6) is -2.03. The highest BCUT2D eigenvalue weighted by atomic mass is 35.5. The van der Waals surface area contributed by atoms with Crippen molar-refractivity contribution in [2.75, 3.05) is 13.2 Å². The van der Waals surface area contributed by atoms with Crippen molar-refractivity contribution < 1.29 is 42.0 Å². The standard InChI is InChI=1S/C26H37ClN4O9S/c1-15(2)10-20(24(34)29-21(25(35)41(37,38)39)12-17-8-9-28-23(17)33)30-26(36)40-14-19-6-7-22(32)31(19)13-16-4-3-5-18(27)11-16/h3-5,11,15,17,19-21,25,35H,6-10,12-14H2,1-2H3,(H,28,33)(H,29,34)(H,30,36)(H,37,38,39). The Hall–Kier alpha value is -2.94. The normalized spacial score (nSPS) is 21.4. The summed E-state index contributed by atoms with van der Waals surface area (Å²) in [5, 5.41) is 18.2. The van der Waals surface area contributed by atoms with Crippen LogP contribution in [0.2, 0.25) is 5.02 Å². The quantitative estimate of drug-likeness (QED) is 0.203. The number of hydrogen-bond donors (Lipinski definition) is 5. The van der Waals surface area contributed by atoms with E-state index in [4.69, 9.17) is 16.3 Å². The fourth-order valence-electron chi connectivity index (χ4n) is 4.99. The van der Waals surface area contributed by atoms with Crippen LogP contribution in [0.4, 0.5) is 4.79 Å². The summed E-state index contributed by atoms with van der Waals surface area (Å²) in [6.45, 7) is 4.15. The molecule has 41 heavy (non-hydrogen) atoms. The largest absolute Gasteiger partial charge is 0.447 e. The number of carbonyl (C=O) groups excluding carboxylic acids is 4. The monoisotopic (exact) mass is 616 g/mol. The molecule has 228 valence electrons. The molecule has 2 heterocycles. The van der Waals surface area contributed by atoms with Crippen LogP contribution in [0.15, 0.2) is 24.3 Å². The predicted octanol–water partition coefficient (Wildman–Crippen LogP) is 1.19. The summed E-state index contributed by atoms with van der Waals surface area (Å²) in [5.41, 5.74) is -1.55. The van der Waals surface area contributed by atoms with E-state index in [2.05, 4.69) is 16.0 Å². The van der Waals surface area contributed by atoms with E-state index in [1.165, 1.54) is 0 Å². The van der Waals surface area contributed by atoms with Crippen LogP contribution in [0.1, 0.15) is 51.5 Å². The van der Waals surface area contributed by atoms with Gasteiger partial charge in [-0.1, -0.05) is 37.6 Å². The first-order valence-corrected chi connectivity index (χ1v) is 15.3. The van der Waals surface area contributed by atoms with Crippen LogP contribution in [0, 0.1) is 11.8 Å². The first-order valence-electron chi connectivity index (χ1n) is 13.4. The Bertz CT molecular complexity index is 1230. The van der Waals surface area contributed by atoms with Crippen LogP contribution < -0.4 is 16.0 Å². The van der Waals surface area contributed by atoms with Gasteiger partial charge < -0.3 is 30.7 Å². The van der Waals surface area contributed by atoms with Crippen LogP contribution in [-0.2, 0) is 35.8 Å². The summed E-state index contributed by atoms with van der Waals surface area (Å²) in [4.78, 5) is 52.0. The topological polar surface area (TPSA) is 191 Å². The van der Waals surface area contributed by atoms with Gasteiger partial charge in [0, 0.05) is 30.5 Å². The lowest BCUT2D eigenvalue weighted by Gasteiger charge is -2.28. The number of benzene rings is 1. The van der Waals surface area contributed by atoms with Crippen molar-refractivity contribution in [3.8, 4) is 0 Å². The highest BCUT2D eigenvalue weighted by molar-refractivity contribution is 7.86. The van der Waals surface area contributed by atoms with Crippen molar-refractivity contribution in [1.29, 1.82) is 0 Å². The van der Waals surface area contributed by atoms with Gasteiger partial charge in [-0.05, 0) is 49.3 Å². The Morgan fingerprint density at radius 2 is 1.95 bits per heavy atom. The molecule has 1 aromatic rings. The van der Waals surface area contributed by atoms with Gasteiger partial charge in [-0.25, -0.2) is 4.79 Å². The van der Waals surface area contributed by atoms with Gasteiger partial charge in [-0.2, -0.15) is 8.42 Å². The summed E-state index contributed by atoms with van der Waals surface area (Å²) in [6, 6.07) is 4.02. The van der Waals surface area contributed by atoms with Crippen LogP contribution >= 0.6 is 11.6 Å². The molecule has 0 spiro atoms. The Labute approximate surface area is 244 Å². The maximum Gasteiger partial charge on any atom is 0.407 e. The molecule has 0 aromatic heterocycles. The number of likely N-dealkylation sites (tertiary alicyclic amines) is 1. The molecule has 0 saturated carbocycles. The maximum atomic E-state index is 13.2. The summed E-state index contributed by atoms with van der Waals surface area (Å²) in [7, 11) is -4.97. The Morgan fingerprint density at radius 3 is 2.56 bits per heavy atom. The van der Waals surface area contributed by atoms with Gasteiger partial charge in [0.1, 0.15) is 12.6 Å². The van der Waals surface area contributed by atoms with Gasteiger partial charge >= 0.3 is 6.09 Å². The lowest BCUT2D eigenvalue weighted by Crippen LogP contribution is -2.55. The number of alkyl carbamates (subject to hydrolysis) is 1. The molecule has 5 atom stereocenters. The van der Waals surface area contributed by atoms with Crippen molar-refractivity contribution in [2.24, 2.45) is 11.8 Å². The second kappa shape index (κ2) is 14.3. The van der Waals surface area contributed by atoms with Gasteiger partial charge in [-0.3, -0.25) is 18.9 Å². The fraction of sp³-hybridized carbons (Fsp3) is 0.615. The third-order valence-corrected chi connectivity index (χ3v) is 8.27. The molecule has 2 saturated heterocycles. The highest BCUT2D eigenvalue weighted by Crippen LogP contribution is 2.23. The number of hydrogen-bond acceptors (Lipinski definition) is 8. The maximum absolute atomic E-state index is 13.2. The second-order valence-corrected chi connectivity index (χ2v) is 12.8. The Morgan fingerprint density at radius 1 is 1.22 bits per heavy atom. The van der Waals surface area contributed by atoms with E-state index in [-0.39, 0.29) is 43.2 Å². The molecule has 0 radical (unpaired) electrons. The lowest BCUT2D eigenvalue weighted by molar-refractivity contribution is -0.130. The number of nitrogens with zero attached hydrogens (tertiary/aromatic N) is 1. The van der Waals surface area contributed by atoms with Crippen molar-refractivity contribution in [3.63, 3.8) is 0 Å². The van der Waals surface area contributed by atoms with E-state index in [1.54, 1.807) is 36.9 Å². The molecule has 1 aromatic carbocycles. The minimum atomic E-state index is -4.97. The predicted molar refractivity (Wildman–Crippen MR) is 148 cm³/mol. The zero-order valence-corrected chi connectivity index (χ0v) is 24.5. The number of amides is 4. The average Bonchev–Trinajstić information content (AvgIpc) is 3.45. The summed E-state index contributed by atoms with van der Waals surface area (Å²) < 4.78 is 38.1. The summed E-state index contributed by atoms with van der Waals surface area (Å²) >= 11 is 6.05. The number of carbonyl (C=O) groups is 4. The van der Waals surface area contributed by atoms with Gasteiger partial charge in [0.2, 0.25) is 23.2 Å². The van der Waals surface area contributed by atoms with E-state index in [0.717, 1.165) is 5.56 Å². The Balaban J connectivity index is 1.63. The molecule has 5 unspecified atom stereocenters. The molecule has 0 bridgehead atoms. The van der Waals surface area contributed by atoms with Gasteiger partial charge in [0.25, 0.3) is 10.1 Å². The zero-order valence-electron chi connectivity index (χ0n) is 22.9. The van der Waals surface area contributed by atoms with E-state index >= 15 is 0 Å². The molecular weight excluding hydrogens is 580 g/mol. The third kappa shape index (κ3) is 9.55. The van der Waals surface area contributed by atoms with E-state index in [0.29, 0.717) is 37.4 Å². The lowest BCUT2D eigenvalue weighted by atomic mass is 9.97. The SMILES string of the molecule is CC(C)CC(NC(=O)OCC1CCC(=O)N1Cc1cccc(Cl)c1)C(=O)NC(CC1CCNC1=O)C(O)S(=O)(=O)O. The second-order valence-electron chi connectivity index (χ2n) is 10.8. The van der Waals surface area contributed by atoms with Crippen molar-refractivity contribution in [2.45, 2.75) is 76.1 Å². The highest BCUT2D eigenvalue weighted by Gasteiger charge is 2.38. The molecule has 2 fully saturated rings. The zero-order chi connectivity index (χ0) is 30.3. The van der Waals surface area contributed by atoms with Crippen molar-refractivity contribution >= 4 is 45.5 Å². The number of aliphatic hydroxyl groups excluding tert-OH is 1. The Kier molecular flexibility index (Phi) is 11.4. The number of nitrogens with one attached hydrogen (secondary N) is 3. The number of halogens is 1.